The molecule has 0 radical (unpaired) electrons. The third-order valence-corrected chi connectivity index (χ3v) is 5.42. The van der Waals surface area contributed by atoms with Crippen molar-refractivity contribution in [1.82, 2.24) is 9.78 Å². The minimum Gasteiger partial charge on any atom is -0.452 e. The number of aromatic nitrogens is 2. The van der Waals surface area contributed by atoms with Gasteiger partial charge in [-0.2, -0.15) is 5.10 Å². The van der Waals surface area contributed by atoms with Gasteiger partial charge in [-0.25, -0.2) is 9.48 Å². The van der Waals surface area contributed by atoms with Crippen LogP contribution in [0.5, 0.6) is 0 Å². The van der Waals surface area contributed by atoms with E-state index < -0.39 is 18.5 Å². The number of nitrogens with one attached hydrogen (secondary N) is 1. The van der Waals surface area contributed by atoms with Gasteiger partial charge in [0, 0.05) is 22.3 Å². The van der Waals surface area contributed by atoms with Crippen LogP contribution in [0.1, 0.15) is 10.4 Å². The van der Waals surface area contributed by atoms with Crippen molar-refractivity contribution in [3.8, 4) is 16.9 Å². The number of thioether (sulfide) groups is 1. The van der Waals surface area contributed by atoms with Gasteiger partial charge >= 0.3 is 5.97 Å². The molecule has 0 bridgehead atoms. The lowest BCUT2D eigenvalue weighted by Gasteiger charge is -2.07. The summed E-state index contributed by atoms with van der Waals surface area (Å²) in [4.78, 5) is 26.2. The van der Waals surface area contributed by atoms with Crippen LogP contribution in [-0.2, 0) is 9.53 Å². The summed E-state index contributed by atoms with van der Waals surface area (Å²) >= 11 is 1.58. The Morgan fingerprint density at radius 2 is 1.69 bits per heavy atom. The molecule has 1 amide bonds. The van der Waals surface area contributed by atoms with Gasteiger partial charge in [0.25, 0.3) is 5.91 Å². The second-order valence-corrected chi connectivity index (χ2v) is 7.77. The summed E-state index contributed by atoms with van der Waals surface area (Å²) in [6, 6.07) is 26.4. The molecule has 0 atom stereocenters. The number of rotatable bonds is 7. The summed E-state index contributed by atoms with van der Waals surface area (Å²) in [5.41, 5.74) is 3.03. The van der Waals surface area contributed by atoms with E-state index in [9.17, 15) is 9.59 Å². The molecule has 0 unspecified atom stereocenters. The van der Waals surface area contributed by atoms with Crippen molar-refractivity contribution in [1.29, 1.82) is 0 Å². The van der Waals surface area contributed by atoms with E-state index in [1.807, 2.05) is 85.1 Å². The van der Waals surface area contributed by atoms with E-state index in [0.29, 0.717) is 11.4 Å². The molecule has 6 nitrogen and oxygen atoms in total. The predicted molar refractivity (Wildman–Crippen MR) is 126 cm³/mol. The fourth-order valence-corrected chi connectivity index (χ4v) is 3.61. The Bertz CT molecular complexity index is 1220. The van der Waals surface area contributed by atoms with Crippen molar-refractivity contribution in [3.05, 3.63) is 96.7 Å². The number of carbonyl (C=O) groups is 2. The Morgan fingerprint density at radius 1 is 0.969 bits per heavy atom. The number of amides is 1. The van der Waals surface area contributed by atoms with E-state index in [-0.39, 0.29) is 5.56 Å². The van der Waals surface area contributed by atoms with Gasteiger partial charge in [-0.1, -0.05) is 54.6 Å². The molecule has 0 aliphatic rings. The lowest BCUT2D eigenvalue weighted by Crippen LogP contribution is -2.21. The van der Waals surface area contributed by atoms with Crippen LogP contribution in [0.2, 0.25) is 0 Å². The van der Waals surface area contributed by atoms with Crippen LogP contribution in [0.3, 0.4) is 0 Å². The molecule has 7 heteroatoms. The number of esters is 1. The van der Waals surface area contributed by atoms with Gasteiger partial charge < -0.3 is 10.1 Å². The topological polar surface area (TPSA) is 73.2 Å². The van der Waals surface area contributed by atoms with Crippen LogP contribution in [0, 0.1) is 0 Å². The summed E-state index contributed by atoms with van der Waals surface area (Å²) in [7, 11) is 0. The molecular weight excluding hydrogens is 422 g/mol. The van der Waals surface area contributed by atoms with Gasteiger partial charge in [-0.15, -0.1) is 11.8 Å². The Labute approximate surface area is 190 Å². The van der Waals surface area contributed by atoms with Crippen molar-refractivity contribution in [2.45, 2.75) is 4.90 Å². The number of benzene rings is 3. The molecule has 0 spiro atoms. The highest BCUT2D eigenvalue weighted by Crippen LogP contribution is 2.24. The van der Waals surface area contributed by atoms with Crippen molar-refractivity contribution < 1.29 is 14.3 Å². The average molecular weight is 444 g/mol. The second-order valence-electron chi connectivity index (χ2n) is 6.89. The van der Waals surface area contributed by atoms with E-state index in [4.69, 9.17) is 4.74 Å². The molecule has 32 heavy (non-hydrogen) atoms. The van der Waals surface area contributed by atoms with Gasteiger partial charge in [0.1, 0.15) is 11.3 Å². The summed E-state index contributed by atoms with van der Waals surface area (Å²) in [5.74, 6) is -1.02. The first kappa shape index (κ1) is 21.4. The zero-order chi connectivity index (χ0) is 22.3. The smallest absolute Gasteiger partial charge is 0.342 e. The van der Waals surface area contributed by atoms with E-state index in [1.54, 1.807) is 28.7 Å². The van der Waals surface area contributed by atoms with Gasteiger partial charge in [0.15, 0.2) is 6.61 Å². The summed E-state index contributed by atoms with van der Waals surface area (Å²) in [6.45, 7) is -0.396. The van der Waals surface area contributed by atoms with Gasteiger partial charge in [-0.3, -0.25) is 4.79 Å². The first-order chi connectivity index (χ1) is 15.6. The van der Waals surface area contributed by atoms with Crippen LogP contribution >= 0.6 is 11.8 Å². The SMILES string of the molecule is CSc1cccc(NC(=O)COC(=O)c2cn(-c3ccccc3)nc2-c2ccccc2)c1. The Kier molecular flexibility index (Phi) is 6.67. The first-order valence-corrected chi connectivity index (χ1v) is 11.2. The lowest BCUT2D eigenvalue weighted by atomic mass is 10.1. The third kappa shape index (κ3) is 5.07. The van der Waals surface area contributed by atoms with Crippen molar-refractivity contribution in [2.24, 2.45) is 0 Å². The number of hydrogen-bond acceptors (Lipinski definition) is 5. The molecule has 0 saturated carbocycles. The fraction of sp³-hybridized carbons (Fsp3) is 0.0800. The molecule has 0 aliphatic heterocycles. The molecule has 1 aromatic heterocycles. The van der Waals surface area contributed by atoms with E-state index >= 15 is 0 Å². The van der Waals surface area contributed by atoms with Crippen molar-refractivity contribution in [3.63, 3.8) is 0 Å². The molecule has 4 aromatic rings. The molecule has 0 aliphatic carbocycles. The molecule has 1 heterocycles. The van der Waals surface area contributed by atoms with Gasteiger partial charge in [0.05, 0.1) is 5.69 Å². The van der Waals surface area contributed by atoms with Crippen molar-refractivity contribution in [2.75, 3.05) is 18.2 Å². The number of hydrogen-bond donors (Lipinski definition) is 1. The lowest BCUT2D eigenvalue weighted by molar-refractivity contribution is -0.119. The molecule has 3 aromatic carbocycles. The third-order valence-electron chi connectivity index (χ3n) is 4.69. The highest BCUT2D eigenvalue weighted by Gasteiger charge is 2.21. The quantitative estimate of drug-likeness (QED) is 0.319. The zero-order valence-electron chi connectivity index (χ0n) is 17.4. The van der Waals surface area contributed by atoms with Gasteiger partial charge in [-0.05, 0) is 36.6 Å². The normalized spacial score (nSPS) is 10.5. The number of ether oxygens (including phenoxy) is 1. The predicted octanol–water partition coefficient (Wildman–Crippen LogP) is 5.06. The highest BCUT2D eigenvalue weighted by atomic mass is 32.2. The fourth-order valence-electron chi connectivity index (χ4n) is 3.15. The second kappa shape index (κ2) is 9.98. The minimum atomic E-state index is -0.612. The Morgan fingerprint density at radius 3 is 2.41 bits per heavy atom. The first-order valence-electron chi connectivity index (χ1n) is 9.95. The summed E-state index contributed by atoms with van der Waals surface area (Å²) in [6.07, 6.45) is 3.59. The number of para-hydroxylation sites is 1. The molecule has 160 valence electrons. The largest absolute Gasteiger partial charge is 0.452 e. The van der Waals surface area contributed by atoms with E-state index in [0.717, 1.165) is 16.1 Å². The van der Waals surface area contributed by atoms with Gasteiger partial charge in [0.2, 0.25) is 0 Å². The monoisotopic (exact) mass is 443 g/mol. The minimum absolute atomic E-state index is 0.289. The van der Waals surface area contributed by atoms with Crippen LogP contribution < -0.4 is 5.32 Å². The van der Waals surface area contributed by atoms with Crippen LogP contribution in [-0.4, -0.2) is 34.5 Å². The number of carbonyl (C=O) groups excluding carboxylic acids is 2. The maximum Gasteiger partial charge on any atom is 0.342 e. The van der Waals surface area contributed by atoms with E-state index in [2.05, 4.69) is 10.4 Å². The number of anilines is 1. The maximum absolute atomic E-state index is 12.9. The summed E-state index contributed by atoms with van der Waals surface area (Å²) in [5, 5.41) is 7.35. The molecular formula is C25H21N3O3S. The zero-order valence-corrected chi connectivity index (χ0v) is 18.2. The van der Waals surface area contributed by atoms with Crippen LogP contribution in [0.25, 0.3) is 16.9 Å². The van der Waals surface area contributed by atoms with Crippen molar-refractivity contribution >= 4 is 29.3 Å². The number of nitrogens with zero attached hydrogens (tertiary/aromatic N) is 2. The molecule has 0 fully saturated rings. The van der Waals surface area contributed by atoms with Crippen LogP contribution in [0.15, 0.2) is 96.0 Å². The Hall–Kier alpha value is -3.84. The van der Waals surface area contributed by atoms with E-state index in [1.165, 1.54) is 0 Å². The molecule has 0 saturated heterocycles. The Balaban J connectivity index is 1.52. The van der Waals surface area contributed by atoms with Crippen LogP contribution in [0.4, 0.5) is 5.69 Å². The maximum atomic E-state index is 12.9. The molecule has 4 rings (SSSR count). The average Bonchev–Trinajstić information content (AvgIpc) is 3.29. The summed E-state index contributed by atoms with van der Waals surface area (Å²) < 4.78 is 6.95. The molecule has 1 N–H and O–H groups in total. The highest BCUT2D eigenvalue weighted by molar-refractivity contribution is 7.98. The standard InChI is InChI=1S/C25H21N3O3S/c1-32-21-14-8-11-19(15-21)26-23(29)17-31-25(30)22-16-28(20-12-6-3-7-13-20)27-24(22)18-9-4-2-5-10-18/h2-16H,17H2,1H3,(H,26,29).